The number of halogens is 1. The molecule has 1 spiro atoms. The number of nitrogens with one attached hydrogen (secondary N) is 1. The highest BCUT2D eigenvalue weighted by Crippen LogP contribution is 2.48. The van der Waals surface area contributed by atoms with E-state index in [2.05, 4.69) is 22.3 Å². The number of benzene rings is 1. The number of nitrogens with zero attached hydrogens (tertiary/aromatic N) is 1. The molecule has 2 aliphatic heterocycles. The third-order valence-electron chi connectivity index (χ3n) is 7.69. The predicted molar refractivity (Wildman–Crippen MR) is 101 cm³/mol. The molecule has 3 atom stereocenters. The Morgan fingerprint density at radius 1 is 1.04 bits per heavy atom. The van der Waals surface area contributed by atoms with Crippen molar-refractivity contribution < 1.29 is 0 Å². The normalized spacial score (nSPS) is 34.8. The highest BCUT2D eigenvalue weighted by atomic mass is 35.5. The second-order valence-corrected chi connectivity index (χ2v) is 9.15. The lowest BCUT2D eigenvalue weighted by atomic mass is 9.73. The van der Waals surface area contributed by atoms with Crippen LogP contribution in [0.2, 0.25) is 5.02 Å². The Morgan fingerprint density at radius 2 is 1.88 bits per heavy atom. The second-order valence-electron chi connectivity index (χ2n) is 8.71. The van der Waals surface area contributed by atoms with Crippen LogP contribution in [0.4, 0.5) is 5.69 Å². The van der Waals surface area contributed by atoms with Crippen molar-refractivity contribution in [2.45, 2.75) is 62.8 Å². The fourth-order valence-electron chi connectivity index (χ4n) is 6.35. The molecule has 3 fully saturated rings. The van der Waals surface area contributed by atoms with Crippen molar-refractivity contribution in [1.82, 2.24) is 4.90 Å². The zero-order chi connectivity index (χ0) is 16.1. The summed E-state index contributed by atoms with van der Waals surface area (Å²) in [6, 6.07) is 7.30. The summed E-state index contributed by atoms with van der Waals surface area (Å²) in [4.78, 5) is 2.86. The Morgan fingerprint density at radius 3 is 2.75 bits per heavy atom. The van der Waals surface area contributed by atoms with E-state index in [1.807, 2.05) is 6.07 Å². The molecular formula is C21H29ClN2. The molecule has 1 saturated heterocycles. The maximum atomic E-state index is 6.30. The summed E-state index contributed by atoms with van der Waals surface area (Å²) in [5.41, 5.74) is 3.14. The van der Waals surface area contributed by atoms with Gasteiger partial charge in [-0.2, -0.15) is 0 Å². The van der Waals surface area contributed by atoms with Gasteiger partial charge in [-0.05, 0) is 80.8 Å². The first kappa shape index (κ1) is 15.5. The maximum Gasteiger partial charge on any atom is 0.0410 e. The summed E-state index contributed by atoms with van der Waals surface area (Å²) in [6.07, 6.45) is 11.5. The molecule has 2 aliphatic carbocycles. The average molecular weight is 345 g/mol. The summed E-state index contributed by atoms with van der Waals surface area (Å²) >= 11 is 6.30. The first-order chi connectivity index (χ1) is 11.8. The Kier molecular flexibility index (Phi) is 3.83. The monoisotopic (exact) mass is 344 g/mol. The molecule has 0 amide bonds. The lowest BCUT2D eigenvalue weighted by Gasteiger charge is -2.44. The number of hydrogen-bond donors (Lipinski definition) is 1. The van der Waals surface area contributed by atoms with Crippen LogP contribution < -0.4 is 5.32 Å². The van der Waals surface area contributed by atoms with Crippen molar-refractivity contribution in [3.05, 3.63) is 28.8 Å². The summed E-state index contributed by atoms with van der Waals surface area (Å²) in [5, 5.41) is 4.53. The van der Waals surface area contributed by atoms with Gasteiger partial charge in [0.15, 0.2) is 0 Å². The molecule has 130 valence electrons. The second kappa shape index (κ2) is 5.92. The van der Waals surface area contributed by atoms with Crippen LogP contribution in [-0.4, -0.2) is 30.6 Å². The first-order valence-corrected chi connectivity index (χ1v) is 10.4. The predicted octanol–water partition coefficient (Wildman–Crippen LogP) is 5.07. The largest absolute Gasteiger partial charge is 0.384 e. The van der Waals surface area contributed by atoms with Crippen molar-refractivity contribution in [2.75, 3.05) is 25.0 Å². The van der Waals surface area contributed by atoms with Gasteiger partial charge in [0.05, 0.1) is 0 Å². The Hall–Kier alpha value is -0.730. The molecule has 3 unspecified atom stereocenters. The molecule has 3 heteroatoms. The standard InChI is InChI=1S/C21H29ClN2/c22-16-6-7-19-18(13-16)21(14-23-19)9-11-24(12-10-21)20-8-5-15-3-1-2-4-17(15)20/h6-7,13,15,17,20,23H,1-5,8-12,14H2. The molecule has 0 aromatic heterocycles. The van der Waals surface area contributed by atoms with Gasteiger partial charge in [-0.15, -0.1) is 0 Å². The van der Waals surface area contributed by atoms with E-state index in [9.17, 15) is 0 Å². The highest BCUT2D eigenvalue weighted by molar-refractivity contribution is 6.30. The van der Waals surface area contributed by atoms with Crippen LogP contribution >= 0.6 is 11.6 Å². The Balaban J connectivity index is 1.31. The fraction of sp³-hybridized carbons (Fsp3) is 0.714. The van der Waals surface area contributed by atoms with Crippen LogP contribution in [0.3, 0.4) is 0 Å². The molecule has 1 aromatic rings. The number of likely N-dealkylation sites (tertiary alicyclic amines) is 1. The molecule has 2 nitrogen and oxygen atoms in total. The topological polar surface area (TPSA) is 15.3 Å². The van der Waals surface area contributed by atoms with Gasteiger partial charge in [0, 0.05) is 28.7 Å². The summed E-state index contributed by atoms with van der Waals surface area (Å²) < 4.78 is 0. The number of rotatable bonds is 1. The first-order valence-electron chi connectivity index (χ1n) is 10.0. The van der Waals surface area contributed by atoms with E-state index in [1.54, 1.807) is 0 Å². The SMILES string of the molecule is Clc1ccc2c(c1)C1(CCN(C3CCC4CCCCC43)CC1)CN2. The van der Waals surface area contributed by atoms with Crippen LogP contribution in [0.25, 0.3) is 0 Å². The molecule has 5 rings (SSSR count). The minimum Gasteiger partial charge on any atom is -0.384 e. The zero-order valence-electron chi connectivity index (χ0n) is 14.6. The minimum absolute atomic E-state index is 0.335. The third kappa shape index (κ3) is 2.41. The van der Waals surface area contributed by atoms with Gasteiger partial charge in [-0.3, -0.25) is 0 Å². The van der Waals surface area contributed by atoms with Crippen LogP contribution in [-0.2, 0) is 5.41 Å². The summed E-state index contributed by atoms with van der Waals surface area (Å²) in [6.45, 7) is 3.66. The van der Waals surface area contributed by atoms with Crippen molar-refractivity contribution >= 4 is 17.3 Å². The van der Waals surface area contributed by atoms with E-state index in [4.69, 9.17) is 11.6 Å². The van der Waals surface area contributed by atoms with E-state index < -0.39 is 0 Å². The van der Waals surface area contributed by atoms with Crippen LogP contribution in [0.5, 0.6) is 0 Å². The van der Waals surface area contributed by atoms with E-state index in [1.165, 1.54) is 75.7 Å². The van der Waals surface area contributed by atoms with Gasteiger partial charge in [0.25, 0.3) is 0 Å². The molecule has 0 radical (unpaired) electrons. The van der Waals surface area contributed by atoms with Crippen molar-refractivity contribution in [1.29, 1.82) is 0 Å². The minimum atomic E-state index is 0.335. The number of fused-ring (bicyclic) bond motifs is 3. The average Bonchev–Trinajstić information content (AvgIpc) is 3.19. The van der Waals surface area contributed by atoms with Gasteiger partial charge in [-0.25, -0.2) is 0 Å². The molecule has 1 N–H and O–H groups in total. The molecule has 2 saturated carbocycles. The van der Waals surface area contributed by atoms with E-state index in [0.29, 0.717) is 5.41 Å². The fourth-order valence-corrected chi connectivity index (χ4v) is 6.52. The Labute approximate surface area is 150 Å². The molecule has 0 bridgehead atoms. The van der Waals surface area contributed by atoms with Crippen LogP contribution in [0.15, 0.2) is 18.2 Å². The van der Waals surface area contributed by atoms with Crippen molar-refractivity contribution in [3.63, 3.8) is 0 Å². The summed E-state index contributed by atoms with van der Waals surface area (Å²) in [5.74, 6) is 2.06. The number of hydrogen-bond acceptors (Lipinski definition) is 2. The molecular weight excluding hydrogens is 316 g/mol. The summed E-state index contributed by atoms with van der Waals surface area (Å²) in [7, 11) is 0. The van der Waals surface area contributed by atoms with Gasteiger partial charge in [0.1, 0.15) is 0 Å². The maximum absolute atomic E-state index is 6.30. The smallest absolute Gasteiger partial charge is 0.0410 e. The van der Waals surface area contributed by atoms with E-state index >= 15 is 0 Å². The highest BCUT2D eigenvalue weighted by Gasteiger charge is 2.46. The van der Waals surface area contributed by atoms with Crippen LogP contribution in [0.1, 0.15) is 56.9 Å². The lowest BCUT2D eigenvalue weighted by molar-refractivity contribution is 0.0799. The zero-order valence-corrected chi connectivity index (χ0v) is 15.3. The Bertz CT molecular complexity index is 620. The van der Waals surface area contributed by atoms with Crippen molar-refractivity contribution in [3.8, 4) is 0 Å². The molecule has 2 heterocycles. The van der Waals surface area contributed by atoms with E-state index in [0.717, 1.165) is 29.4 Å². The van der Waals surface area contributed by atoms with Gasteiger partial charge < -0.3 is 10.2 Å². The number of piperidine rings is 1. The van der Waals surface area contributed by atoms with Crippen LogP contribution in [0, 0.1) is 11.8 Å². The molecule has 1 aromatic carbocycles. The van der Waals surface area contributed by atoms with Gasteiger partial charge in [0.2, 0.25) is 0 Å². The quantitative estimate of drug-likeness (QED) is 0.765. The number of anilines is 1. The third-order valence-corrected chi connectivity index (χ3v) is 7.92. The molecule has 24 heavy (non-hydrogen) atoms. The van der Waals surface area contributed by atoms with E-state index in [-0.39, 0.29) is 0 Å². The van der Waals surface area contributed by atoms with Gasteiger partial charge >= 0.3 is 0 Å². The van der Waals surface area contributed by atoms with Crippen molar-refractivity contribution in [2.24, 2.45) is 11.8 Å². The van der Waals surface area contributed by atoms with Gasteiger partial charge in [-0.1, -0.05) is 30.9 Å². The molecule has 4 aliphatic rings. The lowest BCUT2D eigenvalue weighted by Crippen LogP contribution is -2.49.